The maximum Gasteiger partial charge on any atom is 0.311 e. The second-order valence-corrected chi connectivity index (χ2v) is 17.5. The van der Waals surface area contributed by atoms with Crippen LogP contribution in [-0.4, -0.2) is 41.9 Å². The summed E-state index contributed by atoms with van der Waals surface area (Å²) in [5, 5.41) is 13.9. The Labute approximate surface area is 408 Å². The van der Waals surface area contributed by atoms with Crippen LogP contribution in [0.15, 0.2) is 111 Å². The zero-order valence-electron chi connectivity index (χ0n) is 34.8. The molecule has 1 aliphatic rings. The molecule has 7 nitrogen and oxygen atoms in total. The van der Waals surface area contributed by atoms with Gasteiger partial charge in [-0.25, -0.2) is 8.78 Å². The third kappa shape index (κ3) is 17.2. The Morgan fingerprint density at radius 1 is 0.703 bits per heavy atom. The predicted molar refractivity (Wildman–Crippen MR) is 259 cm³/mol. The maximum absolute atomic E-state index is 13.4. The minimum Gasteiger partial charge on any atom is -0.493 e. The zero-order valence-corrected chi connectivity index (χ0v) is 40.1. The van der Waals surface area contributed by atoms with Gasteiger partial charge in [-0.2, -0.15) is 0 Å². The van der Waals surface area contributed by atoms with Crippen molar-refractivity contribution in [1.29, 1.82) is 0 Å². The highest BCUT2D eigenvalue weighted by molar-refractivity contribution is 6.64. The lowest BCUT2D eigenvalue weighted by Crippen LogP contribution is -2.25. The summed E-state index contributed by atoms with van der Waals surface area (Å²) in [5.41, 5.74) is 2.67. The molecule has 1 saturated carbocycles. The van der Waals surface area contributed by atoms with E-state index in [4.69, 9.17) is 95.8 Å². The Bertz CT molecular complexity index is 2170. The highest BCUT2D eigenvalue weighted by atomic mass is 35.5. The number of rotatable bonds is 18. The molecule has 0 spiro atoms. The minimum absolute atomic E-state index is 0.0623. The standard InChI is InChI=1S/C26H29Cl2F2NO3.C11H9Cl3O.C11H10Cl2O2/c1-3-4-20(18-5-7-21(27)22(28)15-18)25(32)31-19-6-8-23(33-2)24(16-19)34-14-11-17-9-12-26(29,30)13-10-17;2*1-2-3-8(11(14)15)7-4-5-9(12)10(13)6-7/h3,5-8,15-17,20H,1,4,9-14H2,2H3,(H,31,32);2,4-6,8H,1,3H2;2,4-6,8H,1,3H2,(H,14,15). The molecule has 0 heterocycles. The molecule has 5 rings (SSSR count). The van der Waals surface area contributed by atoms with Gasteiger partial charge in [0.15, 0.2) is 11.5 Å². The van der Waals surface area contributed by atoms with Gasteiger partial charge in [0.25, 0.3) is 0 Å². The molecule has 1 fully saturated rings. The third-order valence-electron chi connectivity index (χ3n) is 10.2. The van der Waals surface area contributed by atoms with Crippen LogP contribution >= 0.6 is 81.2 Å². The molecule has 16 heteroatoms. The number of alkyl halides is 2. The molecule has 0 aliphatic heterocycles. The number of benzene rings is 4. The monoisotopic (exact) mass is 1020 g/mol. The molecule has 4 aromatic rings. The van der Waals surface area contributed by atoms with Crippen LogP contribution in [0.2, 0.25) is 30.1 Å². The van der Waals surface area contributed by atoms with Crippen LogP contribution in [-0.2, 0) is 14.4 Å². The average molecular weight is 1020 g/mol. The molecule has 0 saturated heterocycles. The summed E-state index contributed by atoms with van der Waals surface area (Å²) in [6, 6.07) is 20.1. The van der Waals surface area contributed by atoms with Crippen molar-refractivity contribution in [3.8, 4) is 11.5 Å². The van der Waals surface area contributed by atoms with Gasteiger partial charge in [0, 0.05) is 24.6 Å². The number of carbonyl (C=O) groups is 3. The van der Waals surface area contributed by atoms with E-state index in [0.717, 1.165) is 11.1 Å². The number of nitrogens with one attached hydrogen (secondary N) is 1. The number of hydrogen-bond donors (Lipinski definition) is 2. The van der Waals surface area contributed by atoms with E-state index in [0.29, 0.717) is 98.0 Å². The molecule has 0 bridgehead atoms. The SMILES string of the molecule is C=CCC(C(=O)Cl)c1ccc(Cl)c(Cl)c1.C=CCC(C(=O)Nc1ccc(OC)c(OCCC2CCC(F)(F)CC2)c1)c1ccc(Cl)c(Cl)c1.C=CCC(C(=O)O)c1ccc(Cl)c(Cl)c1. The normalized spacial score (nSPS) is 14.5. The Morgan fingerprint density at radius 3 is 1.59 bits per heavy atom. The van der Waals surface area contributed by atoms with E-state index in [1.165, 1.54) is 7.11 Å². The van der Waals surface area contributed by atoms with Crippen LogP contribution in [0.4, 0.5) is 14.5 Å². The van der Waals surface area contributed by atoms with Crippen molar-refractivity contribution >= 4 is 104 Å². The van der Waals surface area contributed by atoms with Gasteiger partial charge in [0.2, 0.25) is 17.1 Å². The van der Waals surface area contributed by atoms with E-state index < -0.39 is 34.9 Å². The van der Waals surface area contributed by atoms with Crippen molar-refractivity contribution in [3.05, 3.63) is 158 Å². The number of allylic oxidation sites excluding steroid dienone is 3. The van der Waals surface area contributed by atoms with E-state index in [-0.39, 0.29) is 24.7 Å². The summed E-state index contributed by atoms with van der Waals surface area (Å²) in [6.45, 7) is 11.2. The van der Waals surface area contributed by atoms with Crippen LogP contribution in [0.25, 0.3) is 0 Å². The van der Waals surface area contributed by atoms with Crippen LogP contribution in [0.5, 0.6) is 11.5 Å². The molecule has 3 atom stereocenters. The highest BCUT2D eigenvalue weighted by Crippen LogP contribution is 2.38. The lowest BCUT2D eigenvalue weighted by molar-refractivity contribution is -0.138. The number of ether oxygens (including phenoxy) is 2. The van der Waals surface area contributed by atoms with Crippen molar-refractivity contribution in [1.82, 2.24) is 0 Å². The predicted octanol–water partition coefficient (Wildman–Crippen LogP) is 16.1. The number of methoxy groups -OCH3 is 1. The van der Waals surface area contributed by atoms with Gasteiger partial charge >= 0.3 is 5.97 Å². The summed E-state index contributed by atoms with van der Waals surface area (Å²) in [7, 11) is 1.54. The summed E-state index contributed by atoms with van der Waals surface area (Å²) < 4.78 is 38.0. The first-order chi connectivity index (χ1) is 30.3. The molecule has 1 aliphatic carbocycles. The largest absolute Gasteiger partial charge is 0.493 e. The summed E-state index contributed by atoms with van der Waals surface area (Å²) >= 11 is 40.8. The molecular formula is C48H48Cl7F2NO6. The average Bonchev–Trinajstić information content (AvgIpc) is 3.25. The molecule has 4 aromatic carbocycles. The second kappa shape index (κ2) is 27.0. The van der Waals surface area contributed by atoms with E-state index in [1.807, 2.05) is 0 Å². The fraction of sp³-hybridized carbons (Fsp3) is 0.312. The van der Waals surface area contributed by atoms with Gasteiger partial charge in [0.1, 0.15) is 0 Å². The molecule has 344 valence electrons. The third-order valence-corrected chi connectivity index (χ3v) is 12.7. The lowest BCUT2D eigenvalue weighted by atomic mass is 9.85. The topological polar surface area (TPSA) is 102 Å². The van der Waals surface area contributed by atoms with Crippen molar-refractivity contribution in [2.75, 3.05) is 19.0 Å². The number of anilines is 1. The van der Waals surface area contributed by atoms with Gasteiger partial charge in [-0.15, -0.1) is 19.7 Å². The van der Waals surface area contributed by atoms with Gasteiger partial charge < -0.3 is 19.9 Å². The number of aliphatic carboxylic acids is 1. The summed E-state index contributed by atoms with van der Waals surface area (Å²) in [6.07, 6.45) is 7.74. The minimum atomic E-state index is -2.53. The molecule has 3 unspecified atom stereocenters. The Hall–Kier alpha value is -3.80. The van der Waals surface area contributed by atoms with Crippen LogP contribution in [0, 0.1) is 5.92 Å². The second-order valence-electron chi connectivity index (χ2n) is 14.7. The zero-order chi connectivity index (χ0) is 47.6. The first-order valence-electron chi connectivity index (χ1n) is 19.9. The molecule has 2 N–H and O–H groups in total. The Kier molecular flexibility index (Phi) is 23.0. The van der Waals surface area contributed by atoms with Crippen molar-refractivity contribution < 1.29 is 37.7 Å². The van der Waals surface area contributed by atoms with Gasteiger partial charge in [0.05, 0.1) is 61.6 Å². The van der Waals surface area contributed by atoms with Gasteiger partial charge in [-0.05, 0) is 121 Å². The highest BCUT2D eigenvalue weighted by Gasteiger charge is 2.34. The quantitative estimate of drug-likeness (QED) is 0.0760. The number of amides is 1. The van der Waals surface area contributed by atoms with E-state index >= 15 is 0 Å². The smallest absolute Gasteiger partial charge is 0.311 e. The molecule has 1 amide bonds. The number of carboxylic acids is 1. The lowest BCUT2D eigenvalue weighted by Gasteiger charge is -2.28. The van der Waals surface area contributed by atoms with Crippen molar-refractivity contribution in [2.24, 2.45) is 5.92 Å². The van der Waals surface area contributed by atoms with E-state index in [2.05, 4.69) is 25.1 Å². The summed E-state index contributed by atoms with van der Waals surface area (Å²) in [5.74, 6) is -3.94. The van der Waals surface area contributed by atoms with Crippen LogP contribution in [0.3, 0.4) is 0 Å². The Balaban J connectivity index is 0.000000299. The Morgan fingerprint density at radius 2 is 1.16 bits per heavy atom. The van der Waals surface area contributed by atoms with Gasteiger partial charge in [-0.3, -0.25) is 14.4 Å². The first kappa shape index (κ1) is 54.5. The van der Waals surface area contributed by atoms with E-state index in [9.17, 15) is 23.2 Å². The first-order valence-corrected chi connectivity index (χ1v) is 22.6. The fourth-order valence-electron chi connectivity index (χ4n) is 6.64. The molecule has 64 heavy (non-hydrogen) atoms. The summed E-state index contributed by atoms with van der Waals surface area (Å²) in [4.78, 5) is 35.2. The molecular weight excluding hydrogens is 973 g/mol. The van der Waals surface area contributed by atoms with Crippen LogP contribution in [0.1, 0.15) is 85.8 Å². The number of carboxylic acid groups (broad SMARTS) is 1. The molecule has 0 aromatic heterocycles. The molecule has 0 radical (unpaired) electrons. The van der Waals surface area contributed by atoms with E-state index in [1.54, 1.807) is 91.0 Å². The van der Waals surface area contributed by atoms with Crippen molar-refractivity contribution in [2.45, 2.75) is 75.0 Å². The number of halogens is 9. The maximum atomic E-state index is 13.4. The number of hydrogen-bond acceptors (Lipinski definition) is 5. The van der Waals surface area contributed by atoms with Crippen LogP contribution < -0.4 is 14.8 Å². The van der Waals surface area contributed by atoms with Crippen molar-refractivity contribution in [3.63, 3.8) is 0 Å². The van der Waals surface area contributed by atoms with Gasteiger partial charge in [-0.1, -0.05) is 106 Å². The number of carbonyl (C=O) groups excluding carboxylic acids is 2. The fourth-order valence-corrected chi connectivity index (χ4v) is 7.78.